The lowest BCUT2D eigenvalue weighted by molar-refractivity contribution is 0.353. The van der Waals surface area contributed by atoms with Crippen molar-refractivity contribution >= 4 is 17.0 Å². The van der Waals surface area contributed by atoms with Crippen molar-refractivity contribution in [1.29, 1.82) is 0 Å². The summed E-state index contributed by atoms with van der Waals surface area (Å²) in [5.74, 6) is 1.75. The van der Waals surface area contributed by atoms with E-state index in [1.54, 1.807) is 18.9 Å². The second-order valence-corrected chi connectivity index (χ2v) is 7.85. The molecule has 8 nitrogen and oxygen atoms in total. The van der Waals surface area contributed by atoms with Crippen LogP contribution < -0.4 is 20.3 Å². The van der Waals surface area contributed by atoms with Crippen molar-refractivity contribution in [2.75, 3.05) is 26.1 Å². The van der Waals surface area contributed by atoms with Gasteiger partial charge in [0, 0.05) is 12.0 Å². The van der Waals surface area contributed by atoms with Gasteiger partial charge in [-0.3, -0.25) is 9.78 Å². The molecule has 2 N–H and O–H groups in total. The fraction of sp³-hybridized carbons (Fsp3) is 0.261. The number of rotatable bonds is 7. The molecule has 0 saturated heterocycles. The van der Waals surface area contributed by atoms with Crippen LogP contribution >= 0.6 is 0 Å². The summed E-state index contributed by atoms with van der Waals surface area (Å²) >= 11 is 0. The Morgan fingerprint density at radius 3 is 2.52 bits per heavy atom. The lowest BCUT2D eigenvalue weighted by Gasteiger charge is -2.26. The van der Waals surface area contributed by atoms with Crippen LogP contribution in [0, 0.1) is 0 Å². The molecule has 0 aliphatic carbocycles. The van der Waals surface area contributed by atoms with E-state index >= 15 is 0 Å². The molecule has 0 unspecified atom stereocenters. The number of fused-ring (bicyclic) bond motifs is 1. The Morgan fingerprint density at radius 1 is 1.06 bits per heavy atom. The fourth-order valence-electron chi connectivity index (χ4n) is 3.42. The number of benzene rings is 2. The van der Waals surface area contributed by atoms with Gasteiger partial charge in [-0.25, -0.2) is 4.68 Å². The van der Waals surface area contributed by atoms with Gasteiger partial charge in [0.2, 0.25) is 5.95 Å². The highest BCUT2D eigenvalue weighted by Gasteiger charge is 2.23. The van der Waals surface area contributed by atoms with Crippen LogP contribution in [-0.4, -0.2) is 40.5 Å². The Hall–Kier alpha value is -3.81. The van der Waals surface area contributed by atoms with Crippen molar-refractivity contribution in [3.63, 3.8) is 0 Å². The quantitative estimate of drug-likeness (QED) is 0.476. The molecule has 0 fully saturated rings. The Kier molecular flexibility index (Phi) is 5.37. The van der Waals surface area contributed by atoms with Gasteiger partial charge in [0.05, 0.1) is 26.1 Å². The smallest absolute Gasteiger partial charge is 0.263 e. The number of H-pyrrole nitrogens is 1. The molecule has 0 bridgehead atoms. The van der Waals surface area contributed by atoms with Gasteiger partial charge in [-0.1, -0.05) is 38.1 Å². The van der Waals surface area contributed by atoms with Crippen molar-refractivity contribution in [3.8, 4) is 17.2 Å². The minimum absolute atomic E-state index is 0.237. The zero-order valence-corrected chi connectivity index (χ0v) is 18.0. The van der Waals surface area contributed by atoms with Crippen LogP contribution in [0.25, 0.3) is 16.7 Å². The van der Waals surface area contributed by atoms with Crippen LogP contribution in [0.3, 0.4) is 0 Å². The van der Waals surface area contributed by atoms with Crippen molar-refractivity contribution in [2.45, 2.75) is 19.3 Å². The SMILES string of the molecule is COc1ccc(C(C)(C)CNc2nc3c(cnn3-c3ccccc3)c(=O)[nH]2)cc1OC. The second-order valence-electron chi connectivity index (χ2n) is 7.85. The number of aromatic nitrogens is 4. The van der Waals surface area contributed by atoms with E-state index in [1.807, 2.05) is 48.5 Å². The van der Waals surface area contributed by atoms with Gasteiger partial charge >= 0.3 is 0 Å². The number of anilines is 1. The first-order chi connectivity index (χ1) is 14.9. The maximum Gasteiger partial charge on any atom is 0.263 e. The van der Waals surface area contributed by atoms with Crippen LogP contribution in [0.5, 0.6) is 11.5 Å². The average molecular weight is 419 g/mol. The minimum Gasteiger partial charge on any atom is -0.493 e. The van der Waals surface area contributed by atoms with E-state index in [4.69, 9.17) is 9.47 Å². The van der Waals surface area contributed by atoms with Gasteiger partial charge in [-0.05, 0) is 29.8 Å². The van der Waals surface area contributed by atoms with Crippen molar-refractivity contribution in [2.24, 2.45) is 0 Å². The van der Waals surface area contributed by atoms with Gasteiger partial charge in [-0.2, -0.15) is 10.1 Å². The second kappa shape index (κ2) is 8.14. The van der Waals surface area contributed by atoms with E-state index in [0.29, 0.717) is 35.0 Å². The lowest BCUT2D eigenvalue weighted by Crippen LogP contribution is -2.29. The van der Waals surface area contributed by atoms with Gasteiger partial charge in [0.1, 0.15) is 5.39 Å². The average Bonchev–Trinajstić information content (AvgIpc) is 3.22. The number of nitrogens with zero attached hydrogens (tertiary/aromatic N) is 3. The first-order valence-corrected chi connectivity index (χ1v) is 9.93. The van der Waals surface area contributed by atoms with Crippen LogP contribution in [0.1, 0.15) is 19.4 Å². The predicted octanol–water partition coefficient (Wildman–Crippen LogP) is 3.52. The molecule has 0 aliphatic rings. The number of nitrogens with one attached hydrogen (secondary N) is 2. The summed E-state index contributed by atoms with van der Waals surface area (Å²) in [6.45, 7) is 4.74. The molecule has 0 radical (unpaired) electrons. The van der Waals surface area contributed by atoms with E-state index in [0.717, 1.165) is 11.3 Å². The third-order valence-electron chi connectivity index (χ3n) is 5.30. The Morgan fingerprint density at radius 2 is 1.81 bits per heavy atom. The molecule has 0 amide bonds. The summed E-state index contributed by atoms with van der Waals surface area (Å²) in [5, 5.41) is 8.05. The van der Waals surface area contributed by atoms with Gasteiger partial charge in [-0.15, -0.1) is 0 Å². The van der Waals surface area contributed by atoms with E-state index < -0.39 is 0 Å². The Labute approximate surface area is 179 Å². The maximum atomic E-state index is 12.6. The molecule has 160 valence electrons. The standard InChI is InChI=1S/C23H25N5O3/c1-23(2,15-10-11-18(30-3)19(12-15)31-4)14-24-22-26-20-17(21(29)27-22)13-25-28(20)16-8-6-5-7-9-16/h5-13H,14H2,1-4H3,(H2,24,26,27,29). The molecule has 31 heavy (non-hydrogen) atoms. The molecular weight excluding hydrogens is 394 g/mol. The van der Waals surface area contributed by atoms with E-state index in [9.17, 15) is 4.79 Å². The van der Waals surface area contributed by atoms with Gasteiger partial charge in [0.25, 0.3) is 5.56 Å². The number of hydrogen-bond acceptors (Lipinski definition) is 6. The highest BCUT2D eigenvalue weighted by atomic mass is 16.5. The molecule has 0 spiro atoms. The third kappa shape index (κ3) is 3.96. The van der Waals surface area contributed by atoms with Crippen LogP contribution in [0.15, 0.2) is 59.5 Å². The minimum atomic E-state index is -0.271. The molecule has 0 aliphatic heterocycles. The molecule has 8 heteroatoms. The molecule has 2 heterocycles. The Balaban J connectivity index is 1.62. The highest BCUT2D eigenvalue weighted by Crippen LogP contribution is 2.33. The highest BCUT2D eigenvalue weighted by molar-refractivity contribution is 5.76. The third-order valence-corrected chi connectivity index (χ3v) is 5.30. The predicted molar refractivity (Wildman–Crippen MR) is 121 cm³/mol. The molecule has 4 aromatic rings. The normalized spacial score (nSPS) is 11.5. The molecule has 2 aromatic carbocycles. The van der Waals surface area contributed by atoms with Crippen LogP contribution in [0.2, 0.25) is 0 Å². The van der Waals surface area contributed by atoms with E-state index in [1.165, 1.54) is 6.20 Å². The van der Waals surface area contributed by atoms with Gasteiger partial charge < -0.3 is 14.8 Å². The fourth-order valence-corrected chi connectivity index (χ4v) is 3.42. The summed E-state index contributed by atoms with van der Waals surface area (Å²) in [7, 11) is 3.23. The van der Waals surface area contributed by atoms with Crippen molar-refractivity contribution in [3.05, 3.63) is 70.6 Å². The first kappa shape index (κ1) is 20.5. The molecular formula is C23H25N5O3. The number of aromatic amines is 1. The lowest BCUT2D eigenvalue weighted by atomic mass is 9.84. The maximum absolute atomic E-state index is 12.6. The molecule has 4 rings (SSSR count). The summed E-state index contributed by atoms with van der Waals surface area (Å²) in [6.07, 6.45) is 1.53. The van der Waals surface area contributed by atoms with Crippen molar-refractivity contribution < 1.29 is 9.47 Å². The summed E-state index contributed by atoms with van der Waals surface area (Å²) in [4.78, 5) is 20.0. The molecule has 2 aromatic heterocycles. The Bertz CT molecular complexity index is 1260. The number of para-hydroxylation sites is 1. The van der Waals surface area contributed by atoms with Crippen LogP contribution in [0.4, 0.5) is 5.95 Å². The monoisotopic (exact) mass is 419 g/mol. The zero-order valence-electron chi connectivity index (χ0n) is 18.0. The number of hydrogen-bond donors (Lipinski definition) is 2. The first-order valence-electron chi connectivity index (χ1n) is 9.93. The van der Waals surface area contributed by atoms with Crippen LogP contribution in [-0.2, 0) is 5.41 Å². The topological polar surface area (TPSA) is 94.1 Å². The summed E-state index contributed by atoms with van der Waals surface area (Å²) in [6, 6.07) is 15.5. The number of methoxy groups -OCH3 is 2. The van der Waals surface area contributed by atoms with E-state index in [-0.39, 0.29) is 11.0 Å². The molecule has 0 atom stereocenters. The summed E-state index contributed by atoms with van der Waals surface area (Å²) < 4.78 is 12.4. The summed E-state index contributed by atoms with van der Waals surface area (Å²) in [5.41, 5.74) is 1.90. The molecule has 0 saturated carbocycles. The largest absolute Gasteiger partial charge is 0.493 e. The number of ether oxygens (including phenoxy) is 2. The van der Waals surface area contributed by atoms with E-state index in [2.05, 4.69) is 34.2 Å². The van der Waals surface area contributed by atoms with Crippen molar-refractivity contribution in [1.82, 2.24) is 19.7 Å². The zero-order chi connectivity index (χ0) is 22.0. The van der Waals surface area contributed by atoms with Gasteiger partial charge in [0.15, 0.2) is 17.1 Å².